The third-order valence-electron chi connectivity index (χ3n) is 2.58. The number of hydrogen-bond acceptors (Lipinski definition) is 7. The van der Waals surface area contributed by atoms with Crippen LogP contribution in [0.25, 0.3) is 0 Å². The SMILES string of the molecule is CCNC([S-])=NN=C(C(C)=NN=C([S-])NCC(F)(F)F)c1cccnc1.[Cu+2]. The molecule has 0 bridgehead atoms. The summed E-state index contributed by atoms with van der Waals surface area (Å²) in [5.74, 6) is 0. The molecule has 1 rings (SSSR count). The number of pyridine rings is 1. The Labute approximate surface area is 176 Å². The average Bonchev–Trinajstić information content (AvgIpc) is 2.59. The van der Waals surface area contributed by atoms with Crippen LogP contribution in [0, 0.1) is 0 Å². The molecule has 0 saturated carbocycles. The van der Waals surface area contributed by atoms with E-state index in [0.29, 0.717) is 17.8 Å². The van der Waals surface area contributed by atoms with Gasteiger partial charge in [-0.2, -0.15) is 28.5 Å². The molecule has 0 saturated heterocycles. The summed E-state index contributed by atoms with van der Waals surface area (Å²) in [6.45, 7) is 2.71. The van der Waals surface area contributed by atoms with Crippen molar-refractivity contribution in [1.82, 2.24) is 15.6 Å². The number of hydrogen-bond donors (Lipinski definition) is 2. The quantitative estimate of drug-likeness (QED) is 0.219. The zero-order valence-electron chi connectivity index (χ0n) is 14.2. The van der Waals surface area contributed by atoms with Crippen molar-refractivity contribution in [3.05, 3.63) is 30.1 Å². The third kappa shape index (κ3) is 10.8. The van der Waals surface area contributed by atoms with Crippen LogP contribution in [0.15, 0.2) is 44.9 Å². The molecule has 2 N–H and O–H groups in total. The Kier molecular flexibility index (Phi) is 11.7. The summed E-state index contributed by atoms with van der Waals surface area (Å²) in [7, 11) is 0. The van der Waals surface area contributed by atoms with Crippen molar-refractivity contribution in [2.24, 2.45) is 20.4 Å². The molecule has 7 nitrogen and oxygen atoms in total. The number of amidine groups is 2. The number of nitrogens with one attached hydrogen (secondary N) is 2. The number of nitrogens with zero attached hydrogens (tertiary/aromatic N) is 5. The van der Waals surface area contributed by atoms with Crippen molar-refractivity contribution in [2.45, 2.75) is 20.0 Å². The van der Waals surface area contributed by atoms with E-state index in [-0.39, 0.29) is 27.9 Å². The number of halogens is 3. The van der Waals surface area contributed by atoms with Crippen molar-refractivity contribution in [3.63, 3.8) is 0 Å². The summed E-state index contributed by atoms with van der Waals surface area (Å²) in [6, 6.07) is 3.41. The Bertz CT molecular complexity index is 706. The van der Waals surface area contributed by atoms with Gasteiger partial charge in [0.1, 0.15) is 12.3 Å². The van der Waals surface area contributed by atoms with E-state index in [2.05, 4.69) is 30.7 Å². The minimum Gasteiger partial charge on any atom is -0.741 e. The third-order valence-corrected chi connectivity index (χ3v) is 3.03. The molecule has 1 heterocycles. The molecule has 0 fully saturated rings. The van der Waals surface area contributed by atoms with Gasteiger partial charge < -0.3 is 35.9 Å². The van der Waals surface area contributed by atoms with Gasteiger partial charge in [-0.1, -0.05) is 0 Å². The monoisotopic (exact) mass is 466 g/mol. The van der Waals surface area contributed by atoms with E-state index in [1.807, 2.05) is 12.2 Å². The van der Waals surface area contributed by atoms with Gasteiger partial charge in [0.15, 0.2) is 0 Å². The Morgan fingerprint density at radius 2 is 1.74 bits per heavy atom. The van der Waals surface area contributed by atoms with Gasteiger partial charge in [-0.05, 0) is 36.3 Å². The largest absolute Gasteiger partial charge is 2.00 e. The maximum Gasteiger partial charge on any atom is 2.00 e. The van der Waals surface area contributed by atoms with Crippen LogP contribution in [0.5, 0.6) is 0 Å². The first-order chi connectivity index (χ1) is 12.2. The molecule has 0 unspecified atom stereocenters. The van der Waals surface area contributed by atoms with Gasteiger partial charge in [0.25, 0.3) is 0 Å². The van der Waals surface area contributed by atoms with Crippen LogP contribution in [-0.2, 0) is 42.3 Å². The van der Waals surface area contributed by atoms with Gasteiger partial charge in [-0.3, -0.25) is 4.98 Å². The van der Waals surface area contributed by atoms with Crippen LogP contribution >= 0.6 is 0 Å². The average molecular weight is 467 g/mol. The molecular formula is C14H16CuF3N7S2. The fourth-order valence-electron chi connectivity index (χ4n) is 1.50. The van der Waals surface area contributed by atoms with Crippen LogP contribution in [0.4, 0.5) is 13.2 Å². The second kappa shape index (κ2) is 12.5. The molecule has 0 aliphatic carbocycles. The molecule has 1 aromatic rings. The molecule has 0 atom stereocenters. The molecule has 0 aromatic carbocycles. The smallest absolute Gasteiger partial charge is 0.741 e. The molecule has 0 aliphatic rings. The maximum atomic E-state index is 12.1. The Morgan fingerprint density at radius 3 is 2.30 bits per heavy atom. The summed E-state index contributed by atoms with van der Waals surface area (Å²) in [5.41, 5.74) is 1.17. The van der Waals surface area contributed by atoms with Gasteiger partial charge in [-0.15, -0.1) is 5.10 Å². The Morgan fingerprint density at radius 1 is 1.11 bits per heavy atom. The van der Waals surface area contributed by atoms with E-state index in [0.717, 1.165) is 0 Å². The Hall–Kier alpha value is -1.82. The zero-order valence-corrected chi connectivity index (χ0v) is 16.8. The predicted molar refractivity (Wildman–Crippen MR) is 101 cm³/mol. The van der Waals surface area contributed by atoms with Gasteiger partial charge in [0, 0.05) is 24.5 Å². The first-order valence-corrected chi connectivity index (χ1v) is 8.11. The fourth-order valence-corrected chi connectivity index (χ4v) is 1.80. The Balaban J connectivity index is 0.00000676. The van der Waals surface area contributed by atoms with E-state index in [9.17, 15) is 13.2 Å². The zero-order chi connectivity index (χ0) is 19.6. The molecule has 1 radical (unpaired) electrons. The van der Waals surface area contributed by atoms with Gasteiger partial charge >= 0.3 is 23.2 Å². The van der Waals surface area contributed by atoms with Crippen molar-refractivity contribution < 1.29 is 30.2 Å². The molecular weight excluding hydrogens is 451 g/mol. The summed E-state index contributed by atoms with van der Waals surface area (Å²) in [4.78, 5) is 3.98. The second-order valence-corrected chi connectivity index (χ2v) is 5.46. The van der Waals surface area contributed by atoms with E-state index < -0.39 is 17.9 Å². The molecule has 0 aliphatic heterocycles. The van der Waals surface area contributed by atoms with E-state index in [1.165, 1.54) is 6.20 Å². The second-order valence-electron chi connectivity index (χ2n) is 4.69. The summed E-state index contributed by atoms with van der Waals surface area (Å²) < 4.78 is 36.4. The molecule has 0 spiro atoms. The van der Waals surface area contributed by atoms with Crippen molar-refractivity contribution >= 4 is 47.0 Å². The maximum absolute atomic E-state index is 12.1. The minimum absolute atomic E-state index is 0. The van der Waals surface area contributed by atoms with Crippen molar-refractivity contribution in [2.75, 3.05) is 13.1 Å². The number of aromatic nitrogens is 1. The molecule has 1 aromatic heterocycles. The van der Waals surface area contributed by atoms with Gasteiger partial charge in [0.2, 0.25) is 0 Å². The van der Waals surface area contributed by atoms with Gasteiger partial charge in [-0.25, -0.2) is 0 Å². The van der Waals surface area contributed by atoms with Crippen molar-refractivity contribution in [3.8, 4) is 0 Å². The molecule has 151 valence electrons. The van der Waals surface area contributed by atoms with Crippen LogP contribution < -0.4 is 10.6 Å². The van der Waals surface area contributed by atoms with Crippen LogP contribution in [-0.4, -0.2) is 46.0 Å². The topological polar surface area (TPSA) is 86.4 Å². The van der Waals surface area contributed by atoms with E-state index >= 15 is 0 Å². The first kappa shape index (κ1) is 25.2. The normalized spacial score (nSPS) is 13.8. The number of alkyl halides is 3. The fraction of sp³-hybridized carbons (Fsp3) is 0.357. The minimum atomic E-state index is -4.40. The van der Waals surface area contributed by atoms with Crippen molar-refractivity contribution in [1.29, 1.82) is 0 Å². The summed E-state index contributed by atoms with van der Waals surface area (Å²) >= 11 is 9.68. The van der Waals surface area contributed by atoms with Crippen LogP contribution in [0.1, 0.15) is 19.4 Å². The predicted octanol–water partition coefficient (Wildman–Crippen LogP) is 1.73. The molecule has 13 heteroatoms. The van der Waals surface area contributed by atoms with Gasteiger partial charge in [0.05, 0.1) is 5.71 Å². The van der Waals surface area contributed by atoms with E-state index in [4.69, 9.17) is 25.3 Å². The number of rotatable bonds is 6. The summed E-state index contributed by atoms with van der Waals surface area (Å²) in [5, 5.41) is 19.8. The summed E-state index contributed by atoms with van der Waals surface area (Å²) in [6.07, 6.45) is -1.29. The molecule has 0 amide bonds. The first-order valence-electron chi connectivity index (χ1n) is 7.30. The van der Waals surface area contributed by atoms with Crippen LogP contribution in [0.3, 0.4) is 0 Å². The standard InChI is InChI=1S/C14H18F3N7S2.Cu/c1-3-19-12(25)24-22-11(10-5-4-6-18-7-10)9(2)21-23-13(26)20-8-14(15,16)17;/h4-7H,3,8H2,1-2H3,(H2,19,24,25)(H2,20,23,26);/q;+2/p-2. The molecule has 27 heavy (non-hydrogen) atoms. The van der Waals surface area contributed by atoms with Crippen LogP contribution in [0.2, 0.25) is 0 Å². The van der Waals surface area contributed by atoms with E-state index in [1.54, 1.807) is 25.3 Å².